The molecule has 0 fully saturated rings. The first kappa shape index (κ1) is 11.5. The predicted molar refractivity (Wildman–Crippen MR) is 56.4 cm³/mol. The molecule has 0 saturated heterocycles. The van der Waals surface area contributed by atoms with Gasteiger partial charge in [0.25, 0.3) is 0 Å². The smallest absolute Gasteiger partial charge is 0.130 e. The van der Waals surface area contributed by atoms with E-state index in [-0.39, 0.29) is 18.2 Å². The molecule has 0 bridgehead atoms. The Balaban J connectivity index is 3.25. The molecule has 2 nitrogen and oxygen atoms in total. The Hall–Kier alpha value is -1.56. The molecule has 1 aromatic carbocycles. The molecular formula is C12H14FNO. The predicted octanol–water partition coefficient (Wildman–Crippen LogP) is 3.02. The SMILES string of the molecule is COc1cc(CC#N)cc(F)c1C(C)C. The third kappa shape index (κ3) is 2.47. The fraction of sp³-hybridized carbons (Fsp3) is 0.417. The summed E-state index contributed by atoms with van der Waals surface area (Å²) in [5, 5.41) is 8.54. The molecule has 1 aromatic rings. The average molecular weight is 207 g/mol. The number of ether oxygens (including phenoxy) is 1. The molecule has 0 aromatic heterocycles. The molecule has 1 rings (SSSR count). The van der Waals surface area contributed by atoms with Crippen molar-refractivity contribution >= 4 is 0 Å². The third-order valence-electron chi connectivity index (χ3n) is 2.23. The van der Waals surface area contributed by atoms with Crippen LogP contribution in [0.25, 0.3) is 0 Å². The minimum Gasteiger partial charge on any atom is -0.496 e. The molecule has 0 spiro atoms. The number of hydrogen-bond donors (Lipinski definition) is 0. The Kier molecular flexibility index (Phi) is 3.68. The summed E-state index contributed by atoms with van der Waals surface area (Å²) < 4.78 is 18.8. The second-order valence-electron chi connectivity index (χ2n) is 3.68. The van der Waals surface area contributed by atoms with E-state index in [2.05, 4.69) is 0 Å². The highest BCUT2D eigenvalue weighted by Gasteiger charge is 2.14. The van der Waals surface area contributed by atoms with Gasteiger partial charge in [0.15, 0.2) is 0 Å². The van der Waals surface area contributed by atoms with Crippen LogP contribution in [-0.4, -0.2) is 7.11 Å². The van der Waals surface area contributed by atoms with E-state index in [1.807, 2.05) is 19.9 Å². The van der Waals surface area contributed by atoms with Gasteiger partial charge < -0.3 is 4.74 Å². The number of rotatable bonds is 3. The fourth-order valence-corrected chi connectivity index (χ4v) is 1.57. The molecule has 0 aliphatic heterocycles. The molecular weight excluding hydrogens is 193 g/mol. The van der Waals surface area contributed by atoms with Crippen molar-refractivity contribution in [2.24, 2.45) is 0 Å². The lowest BCUT2D eigenvalue weighted by molar-refractivity contribution is 0.401. The monoisotopic (exact) mass is 207 g/mol. The number of nitrogens with zero attached hydrogens (tertiary/aromatic N) is 1. The first-order valence-corrected chi connectivity index (χ1v) is 4.83. The van der Waals surface area contributed by atoms with Gasteiger partial charge in [-0.25, -0.2) is 4.39 Å². The van der Waals surface area contributed by atoms with Crippen molar-refractivity contribution in [2.75, 3.05) is 7.11 Å². The number of nitriles is 1. The van der Waals surface area contributed by atoms with Crippen molar-refractivity contribution in [2.45, 2.75) is 26.2 Å². The summed E-state index contributed by atoms with van der Waals surface area (Å²) in [5.74, 6) is 0.293. The highest BCUT2D eigenvalue weighted by Crippen LogP contribution is 2.30. The van der Waals surface area contributed by atoms with E-state index in [9.17, 15) is 4.39 Å². The largest absolute Gasteiger partial charge is 0.496 e. The van der Waals surface area contributed by atoms with Gasteiger partial charge in [0.05, 0.1) is 19.6 Å². The molecule has 0 aliphatic rings. The van der Waals surface area contributed by atoms with Crippen LogP contribution in [0.3, 0.4) is 0 Å². The van der Waals surface area contributed by atoms with E-state index < -0.39 is 0 Å². The average Bonchev–Trinajstić information content (AvgIpc) is 2.16. The van der Waals surface area contributed by atoms with E-state index in [4.69, 9.17) is 10.00 Å². The van der Waals surface area contributed by atoms with Crippen molar-refractivity contribution in [3.05, 3.63) is 29.1 Å². The summed E-state index contributed by atoms with van der Waals surface area (Å²) in [6.45, 7) is 3.82. The summed E-state index contributed by atoms with van der Waals surface area (Å²) in [5.41, 5.74) is 1.22. The minimum atomic E-state index is -0.297. The normalized spacial score (nSPS) is 10.1. The van der Waals surface area contributed by atoms with E-state index in [0.717, 1.165) is 0 Å². The molecule has 0 unspecified atom stereocenters. The van der Waals surface area contributed by atoms with Crippen molar-refractivity contribution in [1.82, 2.24) is 0 Å². The fourth-order valence-electron chi connectivity index (χ4n) is 1.57. The maximum atomic E-state index is 13.7. The van der Waals surface area contributed by atoms with Crippen molar-refractivity contribution in [3.8, 4) is 11.8 Å². The summed E-state index contributed by atoms with van der Waals surface area (Å²) in [7, 11) is 1.51. The zero-order valence-electron chi connectivity index (χ0n) is 9.17. The van der Waals surface area contributed by atoms with Gasteiger partial charge in [-0.15, -0.1) is 0 Å². The maximum absolute atomic E-state index is 13.7. The molecule has 3 heteroatoms. The van der Waals surface area contributed by atoms with Crippen LogP contribution >= 0.6 is 0 Å². The molecule has 15 heavy (non-hydrogen) atoms. The van der Waals surface area contributed by atoms with Crippen LogP contribution in [0.2, 0.25) is 0 Å². The minimum absolute atomic E-state index is 0.0658. The van der Waals surface area contributed by atoms with Crippen LogP contribution in [0.15, 0.2) is 12.1 Å². The Labute approximate surface area is 89.3 Å². The Morgan fingerprint density at radius 1 is 1.47 bits per heavy atom. The Bertz CT molecular complexity index is 393. The third-order valence-corrected chi connectivity index (χ3v) is 2.23. The molecule has 0 atom stereocenters. The molecule has 0 saturated carbocycles. The lowest BCUT2D eigenvalue weighted by Gasteiger charge is -2.13. The summed E-state index contributed by atoms with van der Waals surface area (Å²) in [6, 6.07) is 5.12. The van der Waals surface area contributed by atoms with Gasteiger partial charge >= 0.3 is 0 Å². The maximum Gasteiger partial charge on any atom is 0.130 e. The zero-order chi connectivity index (χ0) is 11.4. The van der Waals surface area contributed by atoms with Crippen LogP contribution < -0.4 is 4.74 Å². The Morgan fingerprint density at radius 3 is 2.60 bits per heavy atom. The highest BCUT2D eigenvalue weighted by molar-refractivity contribution is 5.41. The second kappa shape index (κ2) is 4.79. The number of benzene rings is 1. The van der Waals surface area contributed by atoms with Crippen LogP contribution in [0.1, 0.15) is 30.9 Å². The van der Waals surface area contributed by atoms with E-state index in [1.54, 1.807) is 6.07 Å². The second-order valence-corrected chi connectivity index (χ2v) is 3.68. The van der Waals surface area contributed by atoms with Crippen LogP contribution in [0, 0.1) is 17.1 Å². The molecule has 0 N–H and O–H groups in total. The van der Waals surface area contributed by atoms with Crippen LogP contribution in [0.4, 0.5) is 4.39 Å². The summed E-state index contributed by atoms with van der Waals surface area (Å²) in [6.07, 6.45) is 0.200. The summed E-state index contributed by atoms with van der Waals surface area (Å²) in [4.78, 5) is 0. The zero-order valence-corrected chi connectivity index (χ0v) is 9.17. The van der Waals surface area contributed by atoms with Gasteiger partial charge in [-0.3, -0.25) is 0 Å². The lowest BCUT2D eigenvalue weighted by atomic mass is 9.98. The molecule has 0 amide bonds. The summed E-state index contributed by atoms with van der Waals surface area (Å²) >= 11 is 0. The first-order chi connectivity index (χ1) is 7.10. The van der Waals surface area contributed by atoms with E-state index >= 15 is 0 Å². The van der Waals surface area contributed by atoms with Gasteiger partial charge in [-0.05, 0) is 23.6 Å². The molecule has 0 aliphatic carbocycles. The number of halogens is 1. The standard InChI is InChI=1S/C12H14FNO/c1-8(2)12-10(13)6-9(4-5-14)7-11(12)15-3/h6-8H,4H2,1-3H3. The van der Waals surface area contributed by atoms with Gasteiger partial charge in [-0.1, -0.05) is 13.8 Å². The number of hydrogen-bond acceptors (Lipinski definition) is 2. The van der Waals surface area contributed by atoms with Gasteiger partial charge in [-0.2, -0.15) is 5.26 Å². The van der Waals surface area contributed by atoms with Gasteiger partial charge in [0.2, 0.25) is 0 Å². The Morgan fingerprint density at radius 2 is 2.13 bits per heavy atom. The molecule has 0 heterocycles. The highest BCUT2D eigenvalue weighted by atomic mass is 19.1. The van der Waals surface area contributed by atoms with Crippen molar-refractivity contribution in [3.63, 3.8) is 0 Å². The van der Waals surface area contributed by atoms with E-state index in [0.29, 0.717) is 16.9 Å². The van der Waals surface area contributed by atoms with Gasteiger partial charge in [0, 0.05) is 5.56 Å². The molecule has 80 valence electrons. The van der Waals surface area contributed by atoms with Gasteiger partial charge in [0.1, 0.15) is 11.6 Å². The van der Waals surface area contributed by atoms with Crippen molar-refractivity contribution in [1.29, 1.82) is 5.26 Å². The van der Waals surface area contributed by atoms with Crippen molar-refractivity contribution < 1.29 is 9.13 Å². The lowest BCUT2D eigenvalue weighted by Crippen LogP contribution is -2.00. The topological polar surface area (TPSA) is 33.0 Å². The number of methoxy groups -OCH3 is 1. The van der Waals surface area contributed by atoms with Crippen LogP contribution in [-0.2, 0) is 6.42 Å². The van der Waals surface area contributed by atoms with Crippen LogP contribution in [0.5, 0.6) is 5.75 Å². The first-order valence-electron chi connectivity index (χ1n) is 4.83. The van der Waals surface area contributed by atoms with E-state index in [1.165, 1.54) is 13.2 Å². The molecule has 0 radical (unpaired) electrons. The quantitative estimate of drug-likeness (QED) is 0.763.